The Hall–Kier alpha value is -1.24. The van der Waals surface area contributed by atoms with Crippen LogP contribution in [0, 0.1) is 16.4 Å². The number of rotatable bonds is 1. The molecule has 1 aliphatic heterocycles. The number of aliphatic carboxylic acids is 1. The first kappa shape index (κ1) is 11.3. The monoisotopic (exact) mass is 329 g/mol. The predicted molar refractivity (Wildman–Crippen MR) is 67.5 cm³/mol. The molecule has 0 spiro atoms. The molecule has 16 heavy (non-hydrogen) atoms. The fourth-order valence-corrected chi connectivity index (χ4v) is 2.43. The molecule has 1 N–H and O–H groups in total. The largest absolute Gasteiger partial charge is 0.480 e. The molecule has 0 aromatic heterocycles. The third-order valence-electron chi connectivity index (χ3n) is 2.43. The number of fused-ring (bicyclic) bond motifs is 1. The summed E-state index contributed by atoms with van der Waals surface area (Å²) in [5.41, 5.74) is 1.87. The summed E-state index contributed by atoms with van der Waals surface area (Å²) in [6, 6.07) is 3.59. The van der Waals surface area contributed by atoms with Gasteiger partial charge in [-0.3, -0.25) is 14.6 Å². The van der Waals surface area contributed by atoms with Crippen molar-refractivity contribution in [3.8, 4) is 0 Å². The maximum Gasteiger partial charge on any atom is 0.319 e. The molecule has 0 saturated heterocycles. The third kappa shape index (κ3) is 1.75. The summed E-state index contributed by atoms with van der Waals surface area (Å²) in [5.74, 6) is -2.69. The van der Waals surface area contributed by atoms with E-state index >= 15 is 0 Å². The van der Waals surface area contributed by atoms with Crippen LogP contribution in [-0.4, -0.2) is 23.1 Å². The molecule has 1 unspecified atom stereocenters. The Balaban J connectivity index is 2.60. The SMILES string of the molecule is Cc1cc(I)cc2c1N=CC(C(=O)O)C2=O. The van der Waals surface area contributed by atoms with Gasteiger partial charge in [-0.05, 0) is 47.2 Å². The molecule has 1 aromatic carbocycles. The Morgan fingerprint density at radius 1 is 1.50 bits per heavy atom. The summed E-state index contributed by atoms with van der Waals surface area (Å²) in [6.45, 7) is 1.85. The first-order chi connectivity index (χ1) is 7.50. The number of hydrogen-bond acceptors (Lipinski definition) is 3. The van der Waals surface area contributed by atoms with Crippen molar-refractivity contribution in [2.45, 2.75) is 6.92 Å². The number of carbonyl (C=O) groups excluding carboxylic acids is 1. The standard InChI is InChI=1S/C11H8INO3/c1-5-2-6(12)3-7-9(5)13-4-8(10(7)14)11(15)16/h2-4,8H,1H3,(H,15,16). The van der Waals surface area contributed by atoms with Gasteiger partial charge in [0.05, 0.1) is 5.69 Å². The molecule has 0 fully saturated rings. The van der Waals surface area contributed by atoms with Crippen molar-refractivity contribution in [3.63, 3.8) is 0 Å². The molecule has 0 radical (unpaired) electrons. The van der Waals surface area contributed by atoms with E-state index in [4.69, 9.17) is 5.11 Å². The van der Waals surface area contributed by atoms with Gasteiger partial charge in [0.25, 0.3) is 0 Å². The summed E-state index contributed by atoms with van der Waals surface area (Å²) in [6.07, 6.45) is 1.20. The molecule has 1 aliphatic rings. The lowest BCUT2D eigenvalue weighted by molar-refractivity contribution is -0.137. The molecule has 82 valence electrons. The van der Waals surface area contributed by atoms with Crippen LogP contribution in [0.3, 0.4) is 0 Å². The van der Waals surface area contributed by atoms with Crippen molar-refractivity contribution in [1.82, 2.24) is 0 Å². The van der Waals surface area contributed by atoms with Crippen molar-refractivity contribution in [2.24, 2.45) is 10.9 Å². The number of aliphatic imine (C=N–C) groups is 1. The molecule has 0 saturated carbocycles. The minimum Gasteiger partial charge on any atom is -0.480 e. The first-order valence-corrected chi connectivity index (χ1v) is 5.70. The second-order valence-electron chi connectivity index (χ2n) is 3.58. The van der Waals surface area contributed by atoms with E-state index in [9.17, 15) is 9.59 Å². The second kappa shape index (κ2) is 3.97. The molecule has 1 atom stereocenters. The van der Waals surface area contributed by atoms with Crippen molar-refractivity contribution >= 4 is 46.2 Å². The second-order valence-corrected chi connectivity index (χ2v) is 4.82. The summed E-state index contributed by atoms with van der Waals surface area (Å²) in [7, 11) is 0. The van der Waals surface area contributed by atoms with E-state index in [1.165, 1.54) is 6.21 Å². The van der Waals surface area contributed by atoms with Crippen LogP contribution in [0.4, 0.5) is 5.69 Å². The van der Waals surface area contributed by atoms with Crippen molar-refractivity contribution in [2.75, 3.05) is 0 Å². The van der Waals surface area contributed by atoms with E-state index in [-0.39, 0.29) is 5.78 Å². The summed E-state index contributed by atoms with van der Waals surface area (Å²) >= 11 is 2.09. The van der Waals surface area contributed by atoms with Crippen LogP contribution >= 0.6 is 22.6 Å². The quantitative estimate of drug-likeness (QED) is 0.634. The lowest BCUT2D eigenvalue weighted by Gasteiger charge is -2.16. The highest BCUT2D eigenvalue weighted by Crippen LogP contribution is 2.31. The highest BCUT2D eigenvalue weighted by atomic mass is 127. The van der Waals surface area contributed by atoms with E-state index in [0.29, 0.717) is 11.3 Å². The van der Waals surface area contributed by atoms with Gasteiger partial charge >= 0.3 is 5.97 Å². The molecular weight excluding hydrogens is 321 g/mol. The van der Waals surface area contributed by atoms with E-state index in [2.05, 4.69) is 27.6 Å². The van der Waals surface area contributed by atoms with Crippen LogP contribution in [0.25, 0.3) is 0 Å². The molecule has 1 aromatic rings. The van der Waals surface area contributed by atoms with Gasteiger partial charge in [-0.15, -0.1) is 0 Å². The zero-order valence-electron chi connectivity index (χ0n) is 8.40. The van der Waals surface area contributed by atoms with Gasteiger partial charge in [0.15, 0.2) is 11.7 Å². The van der Waals surface area contributed by atoms with Crippen LogP contribution in [0.5, 0.6) is 0 Å². The number of nitrogens with zero attached hydrogens (tertiary/aromatic N) is 1. The Labute approximate surface area is 106 Å². The molecule has 4 nitrogen and oxygen atoms in total. The summed E-state index contributed by atoms with van der Waals surface area (Å²) in [5, 5.41) is 8.86. The fraction of sp³-hybridized carbons (Fsp3) is 0.182. The number of hydrogen-bond donors (Lipinski definition) is 1. The fourth-order valence-electron chi connectivity index (χ4n) is 1.65. The minimum atomic E-state index is -1.16. The topological polar surface area (TPSA) is 66.7 Å². The molecule has 0 aliphatic carbocycles. The van der Waals surface area contributed by atoms with Crippen LogP contribution in [0.1, 0.15) is 15.9 Å². The van der Waals surface area contributed by atoms with E-state index < -0.39 is 11.9 Å². The highest BCUT2D eigenvalue weighted by Gasteiger charge is 2.31. The lowest BCUT2D eigenvalue weighted by atomic mass is 9.93. The number of carboxylic acid groups (broad SMARTS) is 1. The van der Waals surface area contributed by atoms with Gasteiger partial charge in [0.2, 0.25) is 0 Å². The average molecular weight is 329 g/mol. The Morgan fingerprint density at radius 2 is 2.19 bits per heavy atom. The van der Waals surface area contributed by atoms with Gasteiger partial charge < -0.3 is 5.11 Å². The zero-order chi connectivity index (χ0) is 11.9. The molecule has 5 heteroatoms. The van der Waals surface area contributed by atoms with E-state index in [1.807, 2.05) is 13.0 Å². The Bertz CT molecular complexity index is 522. The average Bonchev–Trinajstić information content (AvgIpc) is 2.19. The van der Waals surface area contributed by atoms with Crippen molar-refractivity contribution in [1.29, 1.82) is 0 Å². The molecule has 0 bridgehead atoms. The van der Waals surface area contributed by atoms with Crippen LogP contribution in [0.2, 0.25) is 0 Å². The van der Waals surface area contributed by atoms with Gasteiger partial charge in [0.1, 0.15) is 0 Å². The number of carbonyl (C=O) groups is 2. The number of halogens is 1. The molecule has 2 rings (SSSR count). The van der Waals surface area contributed by atoms with E-state index in [1.54, 1.807) is 6.07 Å². The van der Waals surface area contributed by atoms with Gasteiger partial charge in [-0.1, -0.05) is 0 Å². The molecule has 0 amide bonds. The van der Waals surface area contributed by atoms with E-state index in [0.717, 1.165) is 9.13 Å². The first-order valence-electron chi connectivity index (χ1n) is 4.62. The molecular formula is C11H8INO3. The number of carboxylic acids is 1. The van der Waals surface area contributed by atoms with Crippen molar-refractivity contribution < 1.29 is 14.7 Å². The Kier molecular flexibility index (Phi) is 2.79. The zero-order valence-corrected chi connectivity index (χ0v) is 10.6. The third-order valence-corrected chi connectivity index (χ3v) is 3.05. The van der Waals surface area contributed by atoms with Gasteiger partial charge in [-0.25, -0.2) is 0 Å². The maximum atomic E-state index is 11.9. The van der Waals surface area contributed by atoms with Gasteiger partial charge in [-0.2, -0.15) is 0 Å². The minimum absolute atomic E-state index is 0.390. The number of benzene rings is 1. The van der Waals surface area contributed by atoms with Crippen molar-refractivity contribution in [3.05, 3.63) is 26.8 Å². The summed E-state index contributed by atoms with van der Waals surface area (Å²) < 4.78 is 0.906. The summed E-state index contributed by atoms with van der Waals surface area (Å²) in [4.78, 5) is 26.8. The Morgan fingerprint density at radius 3 is 2.81 bits per heavy atom. The lowest BCUT2D eigenvalue weighted by Crippen LogP contribution is -2.27. The normalized spacial score (nSPS) is 18.4. The highest BCUT2D eigenvalue weighted by molar-refractivity contribution is 14.1. The van der Waals surface area contributed by atoms with Crippen LogP contribution in [-0.2, 0) is 4.79 Å². The maximum absolute atomic E-state index is 11.9. The molecule has 1 heterocycles. The van der Waals surface area contributed by atoms with Crippen LogP contribution < -0.4 is 0 Å². The number of Topliss-reactive ketones (excluding diaryl/α,β-unsaturated/α-hetero) is 1. The number of aryl methyl sites for hydroxylation is 1. The smallest absolute Gasteiger partial charge is 0.319 e. The predicted octanol–water partition coefficient (Wildman–Crippen LogP) is 2.20. The van der Waals surface area contributed by atoms with Crippen LogP contribution in [0.15, 0.2) is 17.1 Å². The number of ketones is 1. The van der Waals surface area contributed by atoms with Gasteiger partial charge in [0, 0.05) is 15.3 Å².